The van der Waals surface area contributed by atoms with Gasteiger partial charge in [-0.15, -0.1) is 10.2 Å². The minimum absolute atomic E-state index is 0.0141. The highest BCUT2D eigenvalue weighted by atomic mass is 19.3. The van der Waals surface area contributed by atoms with Gasteiger partial charge in [0.1, 0.15) is 29.0 Å². The minimum Gasteiger partial charge on any atom is -0.490 e. The van der Waals surface area contributed by atoms with Gasteiger partial charge in [0, 0.05) is 43.7 Å². The van der Waals surface area contributed by atoms with E-state index in [1.165, 1.54) is 6.07 Å². The molecule has 15 heteroatoms. The van der Waals surface area contributed by atoms with Gasteiger partial charge < -0.3 is 24.0 Å². The number of piperidine rings is 1. The van der Waals surface area contributed by atoms with Crippen LogP contribution in [0.1, 0.15) is 74.9 Å². The minimum atomic E-state index is -2.77. The first-order valence-corrected chi connectivity index (χ1v) is 15.8. The number of amides is 2. The third-order valence-corrected chi connectivity index (χ3v) is 7.82. The Bertz CT molecular complexity index is 1640. The Kier molecular flexibility index (Phi) is 10.2. The molecule has 2 aliphatic heterocycles. The van der Waals surface area contributed by atoms with Gasteiger partial charge in [-0.1, -0.05) is 0 Å². The highest BCUT2D eigenvalue weighted by Crippen LogP contribution is 2.35. The van der Waals surface area contributed by atoms with Crippen LogP contribution in [0.4, 0.5) is 23.8 Å². The van der Waals surface area contributed by atoms with Gasteiger partial charge in [0.15, 0.2) is 11.6 Å². The topological polar surface area (TPSA) is 123 Å². The summed E-state index contributed by atoms with van der Waals surface area (Å²) in [6.07, 6.45) is -0.412. The Morgan fingerprint density at radius 1 is 1.06 bits per heavy atom. The fourth-order valence-corrected chi connectivity index (χ4v) is 5.53. The van der Waals surface area contributed by atoms with Crippen LogP contribution in [-0.4, -0.2) is 85.8 Å². The molecule has 0 radical (unpaired) electrons. The molecule has 0 N–H and O–H groups in total. The van der Waals surface area contributed by atoms with Crippen molar-refractivity contribution in [2.75, 3.05) is 24.5 Å². The first-order chi connectivity index (χ1) is 22.7. The zero-order valence-electron chi connectivity index (χ0n) is 27.9. The predicted octanol–water partition coefficient (Wildman–Crippen LogP) is 5.92. The van der Waals surface area contributed by atoms with E-state index < -0.39 is 42.4 Å². The lowest BCUT2D eigenvalue weighted by atomic mass is 10.1. The maximum Gasteiger partial charge on any atom is 0.410 e. The number of carbonyl (C=O) groups excluding carboxylic acids is 2. The zero-order chi connectivity index (χ0) is 34.7. The average molecular weight is 672 g/mol. The van der Waals surface area contributed by atoms with Crippen molar-refractivity contribution in [1.82, 2.24) is 30.0 Å². The fourth-order valence-electron chi connectivity index (χ4n) is 5.53. The Morgan fingerprint density at radius 2 is 1.79 bits per heavy atom. The van der Waals surface area contributed by atoms with Crippen molar-refractivity contribution in [3.8, 4) is 17.4 Å². The van der Waals surface area contributed by atoms with Crippen molar-refractivity contribution < 1.29 is 37.0 Å². The number of carbonyl (C=O) groups is 2. The molecule has 258 valence electrons. The number of halogens is 3. The molecule has 2 aromatic heterocycles. The third-order valence-electron chi connectivity index (χ3n) is 7.82. The van der Waals surface area contributed by atoms with Crippen molar-refractivity contribution in [3.05, 3.63) is 58.9 Å². The lowest BCUT2D eigenvalue weighted by Gasteiger charge is -2.33. The zero-order valence-corrected chi connectivity index (χ0v) is 27.9. The van der Waals surface area contributed by atoms with Crippen LogP contribution in [0.5, 0.6) is 17.4 Å². The van der Waals surface area contributed by atoms with Crippen LogP contribution < -0.4 is 14.4 Å². The molecule has 0 atom stereocenters. The van der Waals surface area contributed by atoms with Crippen molar-refractivity contribution in [2.45, 2.75) is 91.6 Å². The second-order valence-electron chi connectivity index (χ2n) is 13.0. The summed E-state index contributed by atoms with van der Waals surface area (Å²) in [6, 6.07) is 4.56. The standard InChI is InChI=1S/C33H40F3N7O5/c1-19(2)43(18-28(35)36)31(44)23-15-21(34)7-8-26(23)47-30-29(38-20(3)39-40-30)41-13-10-22(11-14-41)46-27-9-12-37-25-17-42(16-24(25)27)32(45)48-33(4,5)6/h7-9,12,15,19,22,28H,10-11,13-14,16-18H2,1-6H3. The van der Waals surface area contributed by atoms with E-state index in [1.807, 2.05) is 25.7 Å². The summed E-state index contributed by atoms with van der Waals surface area (Å²) in [7, 11) is 0. The van der Waals surface area contributed by atoms with Gasteiger partial charge in [-0.3, -0.25) is 14.7 Å². The van der Waals surface area contributed by atoms with Gasteiger partial charge in [-0.25, -0.2) is 22.9 Å². The SMILES string of the molecule is Cc1nnc(Oc2ccc(F)cc2C(=O)N(CC(F)F)C(C)C)c(N2CCC(Oc3ccnc4c3CN(C(=O)OC(C)(C)C)C4)CC2)n1. The maximum atomic E-state index is 14.3. The number of rotatable bonds is 9. The lowest BCUT2D eigenvalue weighted by Crippen LogP contribution is -2.40. The molecule has 48 heavy (non-hydrogen) atoms. The number of nitrogens with zero attached hydrogens (tertiary/aromatic N) is 7. The van der Waals surface area contributed by atoms with E-state index in [-0.39, 0.29) is 23.3 Å². The molecule has 1 fully saturated rings. The number of pyridine rings is 1. The van der Waals surface area contributed by atoms with E-state index in [0.29, 0.717) is 56.4 Å². The quantitative estimate of drug-likeness (QED) is 0.271. The van der Waals surface area contributed by atoms with Crippen molar-refractivity contribution in [3.63, 3.8) is 0 Å². The summed E-state index contributed by atoms with van der Waals surface area (Å²) in [5.74, 6) is -0.175. The molecule has 2 aliphatic rings. The van der Waals surface area contributed by atoms with Crippen LogP contribution in [0.3, 0.4) is 0 Å². The molecule has 0 unspecified atom stereocenters. The molecule has 1 aromatic carbocycles. The summed E-state index contributed by atoms with van der Waals surface area (Å²) in [5, 5.41) is 8.19. The third kappa shape index (κ3) is 8.23. The van der Waals surface area contributed by atoms with E-state index in [1.54, 1.807) is 37.9 Å². The van der Waals surface area contributed by atoms with Gasteiger partial charge in [0.05, 0.1) is 30.9 Å². The highest BCUT2D eigenvalue weighted by molar-refractivity contribution is 5.97. The molecule has 5 rings (SSSR count). The first kappa shape index (κ1) is 34.6. The predicted molar refractivity (Wildman–Crippen MR) is 169 cm³/mol. The van der Waals surface area contributed by atoms with E-state index in [2.05, 4.69) is 20.2 Å². The Labute approximate surface area is 277 Å². The number of hydrogen-bond donors (Lipinski definition) is 0. The number of anilines is 1. The molecule has 2 amide bonds. The summed E-state index contributed by atoms with van der Waals surface area (Å²) in [6.45, 7) is 11.2. The molecule has 0 bridgehead atoms. The Balaban J connectivity index is 1.29. The lowest BCUT2D eigenvalue weighted by molar-refractivity contribution is 0.0239. The smallest absolute Gasteiger partial charge is 0.410 e. The number of ether oxygens (including phenoxy) is 3. The van der Waals surface area contributed by atoms with E-state index >= 15 is 0 Å². The first-order valence-electron chi connectivity index (χ1n) is 15.8. The molecule has 0 aliphatic carbocycles. The number of alkyl halides is 2. The average Bonchev–Trinajstić information content (AvgIpc) is 3.47. The summed E-state index contributed by atoms with van der Waals surface area (Å²) in [5.41, 5.74) is 0.787. The van der Waals surface area contributed by atoms with Gasteiger partial charge >= 0.3 is 6.09 Å². The Hall–Kier alpha value is -4.69. The van der Waals surface area contributed by atoms with Gasteiger partial charge in [-0.05, 0) is 65.8 Å². The maximum absolute atomic E-state index is 14.3. The van der Waals surface area contributed by atoms with Crippen LogP contribution in [0.15, 0.2) is 30.5 Å². The van der Waals surface area contributed by atoms with E-state index in [4.69, 9.17) is 14.2 Å². The normalized spacial score (nSPS) is 15.1. The monoisotopic (exact) mass is 671 g/mol. The van der Waals surface area contributed by atoms with Crippen molar-refractivity contribution in [2.24, 2.45) is 0 Å². The van der Waals surface area contributed by atoms with Gasteiger partial charge in [-0.2, -0.15) is 0 Å². The Morgan fingerprint density at radius 3 is 2.46 bits per heavy atom. The second-order valence-corrected chi connectivity index (χ2v) is 13.0. The molecule has 4 heterocycles. The summed E-state index contributed by atoms with van der Waals surface area (Å²) >= 11 is 0. The van der Waals surface area contributed by atoms with Crippen LogP contribution in [-0.2, 0) is 17.8 Å². The molecule has 0 saturated carbocycles. The second kappa shape index (κ2) is 14.2. The largest absolute Gasteiger partial charge is 0.490 e. The van der Waals surface area contributed by atoms with Crippen molar-refractivity contribution >= 4 is 17.8 Å². The van der Waals surface area contributed by atoms with Crippen LogP contribution in [0.2, 0.25) is 0 Å². The van der Waals surface area contributed by atoms with Crippen molar-refractivity contribution in [1.29, 1.82) is 0 Å². The van der Waals surface area contributed by atoms with Crippen LogP contribution in [0.25, 0.3) is 0 Å². The van der Waals surface area contributed by atoms with Crippen LogP contribution >= 0.6 is 0 Å². The summed E-state index contributed by atoms with van der Waals surface area (Å²) in [4.78, 5) is 39.5. The van der Waals surface area contributed by atoms with E-state index in [0.717, 1.165) is 28.3 Å². The molecule has 1 saturated heterocycles. The number of aromatic nitrogens is 4. The molecule has 12 nitrogen and oxygen atoms in total. The molecular formula is C33H40F3N7O5. The number of hydrogen-bond acceptors (Lipinski definition) is 10. The van der Waals surface area contributed by atoms with E-state index in [9.17, 15) is 22.8 Å². The molecule has 3 aromatic rings. The van der Waals surface area contributed by atoms with Gasteiger partial charge in [0.2, 0.25) is 0 Å². The molecular weight excluding hydrogens is 631 g/mol. The number of fused-ring (bicyclic) bond motifs is 1. The fraction of sp³-hybridized carbons (Fsp3) is 0.515. The number of aryl methyl sites for hydroxylation is 1. The van der Waals surface area contributed by atoms with Crippen LogP contribution in [0, 0.1) is 12.7 Å². The summed E-state index contributed by atoms with van der Waals surface area (Å²) < 4.78 is 58.9. The molecule has 0 spiro atoms. The number of benzene rings is 1. The highest BCUT2D eigenvalue weighted by Gasteiger charge is 2.33. The van der Waals surface area contributed by atoms with Gasteiger partial charge in [0.25, 0.3) is 18.2 Å².